The molecule has 2 bridgehead atoms. The molecule has 132 valence electrons. The summed E-state index contributed by atoms with van der Waals surface area (Å²) >= 11 is 0. The van der Waals surface area contributed by atoms with E-state index < -0.39 is 0 Å². The largest absolute Gasteiger partial charge is 0.457 e. The van der Waals surface area contributed by atoms with Crippen LogP contribution in [0.15, 0.2) is 60.7 Å². The van der Waals surface area contributed by atoms with E-state index in [4.69, 9.17) is 10.00 Å². The van der Waals surface area contributed by atoms with E-state index in [1.165, 1.54) is 4.90 Å². The number of benzene rings is 2. The van der Waals surface area contributed by atoms with Crippen molar-refractivity contribution in [2.24, 2.45) is 23.7 Å². The monoisotopic (exact) mass is 356 g/mol. The lowest BCUT2D eigenvalue weighted by molar-refractivity contribution is -0.123. The van der Waals surface area contributed by atoms with Crippen LogP contribution in [0, 0.1) is 35.0 Å². The van der Waals surface area contributed by atoms with Gasteiger partial charge in [0.15, 0.2) is 0 Å². The Kier molecular flexibility index (Phi) is 3.41. The molecule has 5 rings (SSSR count). The lowest BCUT2D eigenvalue weighted by atomic mass is 9.85. The quantitative estimate of drug-likeness (QED) is 0.622. The summed E-state index contributed by atoms with van der Waals surface area (Å²) in [6, 6.07) is 15.9. The maximum absolute atomic E-state index is 12.8. The van der Waals surface area contributed by atoms with Crippen LogP contribution in [0.2, 0.25) is 0 Å². The number of carbonyl (C=O) groups excluding carboxylic acids is 2. The number of imide groups is 1. The van der Waals surface area contributed by atoms with Crippen LogP contribution in [0.3, 0.4) is 0 Å². The Hall–Kier alpha value is -3.39. The maximum Gasteiger partial charge on any atom is 0.238 e. The van der Waals surface area contributed by atoms with Gasteiger partial charge in [-0.05, 0) is 66.8 Å². The third-order valence-corrected chi connectivity index (χ3v) is 5.78. The molecule has 5 nitrogen and oxygen atoms in total. The van der Waals surface area contributed by atoms with Gasteiger partial charge >= 0.3 is 0 Å². The SMILES string of the molecule is N#Cc1ccc(Oc2ccc(N3C(=O)[C@@H]4[C@@H](C3=O)[C@H]3C=C[C@@H]4C3)cc2)cc1. The normalized spacial score (nSPS) is 27.7. The first-order chi connectivity index (χ1) is 13.2. The molecule has 1 aliphatic heterocycles. The Labute approximate surface area is 156 Å². The molecule has 0 N–H and O–H groups in total. The lowest BCUT2D eigenvalue weighted by Gasteiger charge is -2.17. The first-order valence-corrected chi connectivity index (χ1v) is 9.00. The van der Waals surface area contributed by atoms with Gasteiger partial charge < -0.3 is 4.74 Å². The molecular formula is C22H16N2O3. The van der Waals surface area contributed by atoms with Gasteiger partial charge in [0.2, 0.25) is 11.8 Å². The maximum atomic E-state index is 12.8. The van der Waals surface area contributed by atoms with Gasteiger partial charge in [-0.2, -0.15) is 5.26 Å². The molecule has 1 saturated heterocycles. The van der Waals surface area contributed by atoms with Crippen molar-refractivity contribution in [3.63, 3.8) is 0 Å². The second kappa shape index (κ2) is 5.82. The Bertz CT molecular complexity index is 971. The number of allylic oxidation sites excluding steroid dienone is 2. The first kappa shape index (κ1) is 15.8. The van der Waals surface area contributed by atoms with Crippen LogP contribution in [-0.4, -0.2) is 11.8 Å². The highest BCUT2D eigenvalue weighted by molar-refractivity contribution is 6.22. The third kappa shape index (κ3) is 2.37. The molecule has 0 unspecified atom stereocenters. The van der Waals surface area contributed by atoms with Gasteiger partial charge in [0, 0.05) is 0 Å². The molecule has 0 spiro atoms. The summed E-state index contributed by atoms with van der Waals surface area (Å²) in [5, 5.41) is 8.84. The van der Waals surface area contributed by atoms with E-state index in [1.54, 1.807) is 48.5 Å². The summed E-state index contributed by atoms with van der Waals surface area (Å²) < 4.78 is 5.76. The molecule has 1 heterocycles. The molecule has 4 atom stereocenters. The van der Waals surface area contributed by atoms with Crippen LogP contribution < -0.4 is 9.64 Å². The fourth-order valence-corrected chi connectivity index (χ4v) is 4.55. The van der Waals surface area contributed by atoms with E-state index in [-0.39, 0.29) is 35.5 Å². The van der Waals surface area contributed by atoms with Crippen LogP contribution in [0.25, 0.3) is 0 Å². The van der Waals surface area contributed by atoms with Gasteiger partial charge in [-0.25, -0.2) is 0 Å². The topological polar surface area (TPSA) is 70.4 Å². The standard InChI is InChI=1S/C22H16N2O3/c23-12-13-1-7-17(8-2-13)27-18-9-5-16(6-10-18)24-21(25)19-14-3-4-15(11-14)20(19)22(24)26/h1-10,14-15,19-20H,11H2/t14-,15+,19-,20-/m0/s1. The second-order valence-corrected chi connectivity index (χ2v) is 7.24. The molecule has 0 aromatic heterocycles. The zero-order valence-corrected chi connectivity index (χ0v) is 14.4. The van der Waals surface area contributed by atoms with Crippen molar-refractivity contribution in [2.75, 3.05) is 4.90 Å². The minimum absolute atomic E-state index is 0.0809. The molecule has 27 heavy (non-hydrogen) atoms. The number of carbonyl (C=O) groups is 2. The minimum atomic E-state index is -0.193. The van der Waals surface area contributed by atoms with Gasteiger partial charge in [-0.3, -0.25) is 14.5 Å². The van der Waals surface area contributed by atoms with Crippen LogP contribution in [0.5, 0.6) is 11.5 Å². The van der Waals surface area contributed by atoms with Crippen molar-refractivity contribution in [3.05, 3.63) is 66.2 Å². The molecule has 2 aromatic carbocycles. The molecule has 2 fully saturated rings. The summed E-state index contributed by atoms with van der Waals surface area (Å²) in [7, 11) is 0. The van der Waals surface area contributed by atoms with Crippen LogP contribution in [0.1, 0.15) is 12.0 Å². The summed E-state index contributed by atoms with van der Waals surface area (Å²) in [5.74, 6) is 1.09. The number of ether oxygens (including phenoxy) is 1. The third-order valence-electron chi connectivity index (χ3n) is 5.78. The minimum Gasteiger partial charge on any atom is -0.457 e. The lowest BCUT2D eigenvalue weighted by Crippen LogP contribution is -2.32. The van der Waals surface area contributed by atoms with E-state index in [1.807, 2.05) is 0 Å². The highest BCUT2D eigenvalue weighted by Crippen LogP contribution is 2.53. The zero-order valence-electron chi connectivity index (χ0n) is 14.4. The van der Waals surface area contributed by atoms with Gasteiger partial charge in [-0.1, -0.05) is 12.2 Å². The predicted molar refractivity (Wildman–Crippen MR) is 97.9 cm³/mol. The van der Waals surface area contributed by atoms with Crippen molar-refractivity contribution >= 4 is 17.5 Å². The van der Waals surface area contributed by atoms with Crippen LogP contribution >= 0.6 is 0 Å². The Morgan fingerprint density at radius 1 is 0.852 bits per heavy atom. The first-order valence-electron chi connectivity index (χ1n) is 9.00. The average Bonchev–Trinajstić information content (AvgIpc) is 3.37. The Morgan fingerprint density at radius 3 is 1.89 bits per heavy atom. The second-order valence-electron chi connectivity index (χ2n) is 7.24. The number of hydrogen-bond acceptors (Lipinski definition) is 4. The molecule has 3 aliphatic rings. The van der Waals surface area contributed by atoms with Gasteiger partial charge in [0.25, 0.3) is 0 Å². The predicted octanol–water partition coefficient (Wildman–Crippen LogP) is 3.66. The molecule has 2 aliphatic carbocycles. The van der Waals surface area contributed by atoms with E-state index >= 15 is 0 Å². The van der Waals surface area contributed by atoms with Crippen molar-refractivity contribution in [1.29, 1.82) is 5.26 Å². The molecule has 1 saturated carbocycles. The number of fused-ring (bicyclic) bond motifs is 5. The van der Waals surface area contributed by atoms with Gasteiger partial charge in [0.1, 0.15) is 11.5 Å². The highest BCUT2D eigenvalue weighted by Gasteiger charge is 2.59. The highest BCUT2D eigenvalue weighted by atomic mass is 16.5. The molecule has 0 radical (unpaired) electrons. The fourth-order valence-electron chi connectivity index (χ4n) is 4.55. The number of anilines is 1. The van der Waals surface area contributed by atoms with Crippen molar-refractivity contribution < 1.29 is 14.3 Å². The smallest absolute Gasteiger partial charge is 0.238 e. The Balaban J connectivity index is 1.35. The number of amides is 2. The number of rotatable bonds is 3. The van der Waals surface area contributed by atoms with E-state index in [0.29, 0.717) is 22.7 Å². The van der Waals surface area contributed by atoms with Crippen molar-refractivity contribution in [2.45, 2.75) is 6.42 Å². The summed E-state index contributed by atoms with van der Waals surface area (Å²) in [6.07, 6.45) is 5.11. The van der Waals surface area contributed by atoms with Crippen LogP contribution in [-0.2, 0) is 9.59 Å². The van der Waals surface area contributed by atoms with Crippen LogP contribution in [0.4, 0.5) is 5.69 Å². The van der Waals surface area contributed by atoms with Gasteiger partial charge in [0.05, 0.1) is 29.2 Å². The van der Waals surface area contributed by atoms with Crippen molar-refractivity contribution in [1.82, 2.24) is 0 Å². The number of hydrogen-bond donors (Lipinski definition) is 0. The number of nitrogens with zero attached hydrogens (tertiary/aromatic N) is 2. The average molecular weight is 356 g/mol. The van der Waals surface area contributed by atoms with E-state index in [0.717, 1.165) is 6.42 Å². The van der Waals surface area contributed by atoms with Gasteiger partial charge in [-0.15, -0.1) is 0 Å². The Morgan fingerprint density at radius 2 is 1.37 bits per heavy atom. The summed E-state index contributed by atoms with van der Waals surface area (Å²) in [6.45, 7) is 0. The summed E-state index contributed by atoms with van der Waals surface area (Å²) in [4.78, 5) is 27.0. The molecule has 2 aromatic rings. The number of nitriles is 1. The molecule has 2 amide bonds. The van der Waals surface area contributed by atoms with Crippen molar-refractivity contribution in [3.8, 4) is 17.6 Å². The van der Waals surface area contributed by atoms with E-state index in [2.05, 4.69) is 18.2 Å². The summed E-state index contributed by atoms with van der Waals surface area (Å²) in [5.41, 5.74) is 1.16. The van der Waals surface area contributed by atoms with E-state index in [9.17, 15) is 9.59 Å². The molecule has 5 heteroatoms. The zero-order chi connectivity index (χ0) is 18.5. The fraction of sp³-hybridized carbons (Fsp3) is 0.227. The molecular weight excluding hydrogens is 340 g/mol.